The number of hydrogen-bond donors (Lipinski definition) is 1. The second-order valence-corrected chi connectivity index (χ2v) is 7.52. The van der Waals surface area contributed by atoms with Crippen LogP contribution in [0.5, 0.6) is 0 Å². The average molecular weight is 375 g/mol. The summed E-state index contributed by atoms with van der Waals surface area (Å²) in [6, 6.07) is 19.8. The molecular weight excluding hydrogens is 350 g/mol. The number of carbonyl (C=O) groups is 1. The summed E-state index contributed by atoms with van der Waals surface area (Å²) in [5, 5.41) is 7.50. The van der Waals surface area contributed by atoms with Gasteiger partial charge in [0.2, 0.25) is 11.8 Å². The van der Waals surface area contributed by atoms with Crippen LogP contribution in [0.2, 0.25) is 0 Å². The summed E-state index contributed by atoms with van der Waals surface area (Å²) in [6.45, 7) is 1.78. The summed E-state index contributed by atoms with van der Waals surface area (Å²) in [4.78, 5) is 18.1. The molecule has 1 N–H and O–H groups in total. The Kier molecular flexibility index (Phi) is 5.24. The molecule has 5 heteroatoms. The third kappa shape index (κ3) is 3.70. The number of amides is 1. The molecule has 1 aliphatic carbocycles. The van der Waals surface area contributed by atoms with Gasteiger partial charge in [-0.3, -0.25) is 4.79 Å². The third-order valence-electron chi connectivity index (χ3n) is 5.55. The van der Waals surface area contributed by atoms with E-state index in [0.717, 1.165) is 43.2 Å². The van der Waals surface area contributed by atoms with E-state index >= 15 is 0 Å². The molecule has 1 aromatic heterocycles. The third-order valence-corrected chi connectivity index (χ3v) is 5.55. The van der Waals surface area contributed by atoms with Crippen LogP contribution in [0.3, 0.4) is 0 Å². The van der Waals surface area contributed by atoms with Crippen molar-refractivity contribution >= 4 is 5.91 Å². The van der Waals surface area contributed by atoms with Crippen molar-refractivity contribution in [2.24, 2.45) is 0 Å². The van der Waals surface area contributed by atoms with Crippen LogP contribution < -0.4 is 5.32 Å². The van der Waals surface area contributed by atoms with Gasteiger partial charge in [-0.1, -0.05) is 85.1 Å². The SMILES string of the molecule is Cc1nc(C2(NC(=O)C(c3ccccc3)c3ccccc3)CCCCC2)no1. The predicted octanol–water partition coefficient (Wildman–Crippen LogP) is 4.49. The maximum absolute atomic E-state index is 13.6. The van der Waals surface area contributed by atoms with Gasteiger partial charge in [-0.15, -0.1) is 0 Å². The molecule has 0 spiro atoms. The Labute approximate surface area is 165 Å². The first-order valence-electron chi connectivity index (χ1n) is 9.91. The van der Waals surface area contributed by atoms with E-state index in [1.807, 2.05) is 60.7 Å². The monoisotopic (exact) mass is 375 g/mol. The van der Waals surface area contributed by atoms with Crippen molar-refractivity contribution in [2.75, 3.05) is 0 Å². The molecule has 28 heavy (non-hydrogen) atoms. The number of benzene rings is 2. The highest BCUT2D eigenvalue weighted by atomic mass is 16.5. The van der Waals surface area contributed by atoms with Crippen molar-refractivity contribution in [3.8, 4) is 0 Å². The molecule has 2 aromatic carbocycles. The van der Waals surface area contributed by atoms with Crippen LogP contribution in [0, 0.1) is 6.92 Å². The predicted molar refractivity (Wildman–Crippen MR) is 107 cm³/mol. The van der Waals surface area contributed by atoms with Crippen LogP contribution in [0.1, 0.15) is 60.9 Å². The van der Waals surface area contributed by atoms with E-state index in [2.05, 4.69) is 15.5 Å². The largest absolute Gasteiger partial charge is 0.342 e. The fraction of sp³-hybridized carbons (Fsp3) is 0.348. The fourth-order valence-corrected chi connectivity index (χ4v) is 4.15. The van der Waals surface area contributed by atoms with Crippen LogP contribution in [0.15, 0.2) is 65.2 Å². The Morgan fingerprint density at radius 3 is 2.04 bits per heavy atom. The zero-order chi connectivity index (χ0) is 19.4. The Hall–Kier alpha value is -2.95. The second kappa shape index (κ2) is 7.97. The van der Waals surface area contributed by atoms with E-state index in [0.29, 0.717) is 11.7 Å². The Bertz CT molecular complexity index is 876. The quantitative estimate of drug-likeness (QED) is 0.714. The van der Waals surface area contributed by atoms with Crippen LogP contribution in [-0.4, -0.2) is 16.0 Å². The van der Waals surface area contributed by atoms with E-state index in [9.17, 15) is 4.79 Å². The zero-order valence-electron chi connectivity index (χ0n) is 16.1. The van der Waals surface area contributed by atoms with Gasteiger partial charge >= 0.3 is 0 Å². The molecule has 0 bridgehead atoms. The van der Waals surface area contributed by atoms with Gasteiger partial charge in [0, 0.05) is 6.92 Å². The topological polar surface area (TPSA) is 68.0 Å². The molecule has 0 unspecified atom stereocenters. The molecule has 0 radical (unpaired) electrons. The first-order valence-corrected chi connectivity index (χ1v) is 9.91. The van der Waals surface area contributed by atoms with Crippen LogP contribution in [0.25, 0.3) is 0 Å². The second-order valence-electron chi connectivity index (χ2n) is 7.52. The van der Waals surface area contributed by atoms with E-state index in [1.165, 1.54) is 0 Å². The van der Waals surface area contributed by atoms with Crippen molar-refractivity contribution < 1.29 is 9.32 Å². The maximum Gasteiger partial charge on any atom is 0.232 e. The molecule has 0 atom stereocenters. The molecule has 5 nitrogen and oxygen atoms in total. The van der Waals surface area contributed by atoms with E-state index < -0.39 is 5.54 Å². The first-order chi connectivity index (χ1) is 13.7. The highest BCUT2D eigenvalue weighted by Gasteiger charge is 2.41. The van der Waals surface area contributed by atoms with Gasteiger partial charge in [0.25, 0.3) is 0 Å². The van der Waals surface area contributed by atoms with Crippen molar-refractivity contribution in [1.82, 2.24) is 15.5 Å². The molecular formula is C23H25N3O2. The van der Waals surface area contributed by atoms with Gasteiger partial charge in [0.05, 0.1) is 5.92 Å². The molecule has 1 fully saturated rings. The van der Waals surface area contributed by atoms with Gasteiger partial charge in [-0.2, -0.15) is 4.98 Å². The number of aryl methyl sites for hydroxylation is 1. The molecule has 1 amide bonds. The first kappa shape index (κ1) is 18.4. The summed E-state index contributed by atoms with van der Waals surface area (Å²) >= 11 is 0. The Morgan fingerprint density at radius 2 is 1.54 bits per heavy atom. The fourth-order valence-electron chi connectivity index (χ4n) is 4.15. The maximum atomic E-state index is 13.6. The van der Waals surface area contributed by atoms with E-state index in [-0.39, 0.29) is 11.8 Å². The highest BCUT2D eigenvalue weighted by molar-refractivity contribution is 5.87. The number of rotatable bonds is 5. The summed E-state index contributed by atoms with van der Waals surface area (Å²) in [5.74, 6) is 0.714. The van der Waals surface area contributed by atoms with Gasteiger partial charge in [0.15, 0.2) is 5.82 Å². The number of nitrogens with one attached hydrogen (secondary N) is 1. The smallest absolute Gasteiger partial charge is 0.232 e. The number of nitrogens with zero attached hydrogens (tertiary/aromatic N) is 2. The molecule has 1 aliphatic rings. The molecule has 4 rings (SSSR count). The molecule has 3 aromatic rings. The minimum Gasteiger partial charge on any atom is -0.342 e. The van der Waals surface area contributed by atoms with Crippen molar-refractivity contribution in [1.29, 1.82) is 0 Å². The Balaban J connectivity index is 1.70. The molecule has 0 saturated heterocycles. The van der Waals surface area contributed by atoms with Crippen molar-refractivity contribution in [2.45, 2.75) is 50.5 Å². The minimum absolute atomic E-state index is 0.0262. The lowest BCUT2D eigenvalue weighted by Crippen LogP contribution is -2.49. The van der Waals surface area contributed by atoms with Gasteiger partial charge in [-0.05, 0) is 24.0 Å². The lowest BCUT2D eigenvalue weighted by atomic mass is 9.80. The average Bonchev–Trinajstić information content (AvgIpc) is 3.18. The lowest BCUT2D eigenvalue weighted by Gasteiger charge is -2.36. The van der Waals surface area contributed by atoms with Gasteiger partial charge in [-0.25, -0.2) is 0 Å². The van der Waals surface area contributed by atoms with Gasteiger partial charge in [0.1, 0.15) is 5.54 Å². The molecule has 144 valence electrons. The minimum atomic E-state index is -0.561. The zero-order valence-corrected chi connectivity index (χ0v) is 16.1. The van der Waals surface area contributed by atoms with E-state index in [4.69, 9.17) is 4.52 Å². The van der Waals surface area contributed by atoms with Crippen LogP contribution in [-0.2, 0) is 10.3 Å². The Morgan fingerprint density at radius 1 is 0.964 bits per heavy atom. The van der Waals surface area contributed by atoms with Gasteiger partial charge < -0.3 is 9.84 Å². The standard InChI is InChI=1S/C23H25N3O2/c1-17-24-22(26-28-17)23(15-9-4-10-16-23)25-21(27)20(18-11-5-2-6-12-18)19-13-7-3-8-14-19/h2-3,5-8,11-14,20H,4,9-10,15-16H2,1H3,(H,25,27). The highest BCUT2D eigenvalue weighted by Crippen LogP contribution is 2.37. The lowest BCUT2D eigenvalue weighted by molar-refractivity contribution is -0.124. The normalized spacial score (nSPS) is 16.1. The van der Waals surface area contributed by atoms with Crippen LogP contribution >= 0.6 is 0 Å². The number of carbonyl (C=O) groups excluding carboxylic acids is 1. The van der Waals surface area contributed by atoms with Crippen molar-refractivity contribution in [3.05, 3.63) is 83.5 Å². The summed E-state index contributed by atoms with van der Waals surface area (Å²) in [7, 11) is 0. The van der Waals surface area contributed by atoms with E-state index in [1.54, 1.807) is 6.92 Å². The molecule has 0 aliphatic heterocycles. The van der Waals surface area contributed by atoms with Crippen LogP contribution in [0.4, 0.5) is 0 Å². The summed E-state index contributed by atoms with van der Waals surface area (Å²) < 4.78 is 5.24. The van der Waals surface area contributed by atoms with Crippen molar-refractivity contribution in [3.63, 3.8) is 0 Å². The number of aromatic nitrogens is 2. The summed E-state index contributed by atoms with van der Waals surface area (Å²) in [5.41, 5.74) is 1.39. The number of hydrogen-bond acceptors (Lipinski definition) is 4. The summed E-state index contributed by atoms with van der Waals surface area (Å²) in [6.07, 6.45) is 4.89. The molecule has 1 heterocycles. The molecule has 1 saturated carbocycles.